The monoisotopic (exact) mass is 481 g/mol. The molecule has 0 bridgehead atoms. The summed E-state index contributed by atoms with van der Waals surface area (Å²) < 4.78 is 10.8. The molecule has 1 aromatic carbocycles. The molecule has 8 heteroatoms. The summed E-state index contributed by atoms with van der Waals surface area (Å²) in [5, 5.41) is 6.40. The third-order valence-corrected chi connectivity index (χ3v) is 6.79. The van der Waals surface area contributed by atoms with Gasteiger partial charge in [0.05, 0.1) is 13.0 Å². The van der Waals surface area contributed by atoms with Crippen molar-refractivity contribution in [1.82, 2.24) is 15.5 Å². The van der Waals surface area contributed by atoms with Crippen molar-refractivity contribution in [3.8, 4) is 11.3 Å². The third-order valence-electron chi connectivity index (χ3n) is 6.79. The van der Waals surface area contributed by atoms with Gasteiger partial charge in [-0.15, -0.1) is 0 Å². The van der Waals surface area contributed by atoms with Gasteiger partial charge in [0.2, 0.25) is 5.91 Å². The predicted molar refractivity (Wildman–Crippen MR) is 132 cm³/mol. The zero-order valence-electron chi connectivity index (χ0n) is 20.9. The van der Waals surface area contributed by atoms with Crippen molar-refractivity contribution in [3.05, 3.63) is 48.2 Å². The van der Waals surface area contributed by atoms with E-state index in [1.54, 1.807) is 17.0 Å². The molecule has 1 unspecified atom stereocenters. The Morgan fingerprint density at radius 1 is 1.06 bits per heavy atom. The molecule has 1 aliphatic heterocycles. The van der Waals surface area contributed by atoms with E-state index < -0.39 is 17.9 Å². The molecule has 1 saturated carbocycles. The van der Waals surface area contributed by atoms with Gasteiger partial charge in [0.1, 0.15) is 11.8 Å². The fraction of sp³-hybridized carbons (Fsp3) is 0.519. The Bertz CT molecular complexity index is 1060. The average molecular weight is 482 g/mol. The van der Waals surface area contributed by atoms with Crippen molar-refractivity contribution in [2.75, 3.05) is 13.7 Å². The van der Waals surface area contributed by atoms with Crippen molar-refractivity contribution in [3.63, 3.8) is 0 Å². The van der Waals surface area contributed by atoms with Crippen LogP contribution in [0.5, 0.6) is 0 Å². The Kier molecular flexibility index (Phi) is 7.31. The first-order chi connectivity index (χ1) is 16.7. The van der Waals surface area contributed by atoms with Crippen LogP contribution in [0.25, 0.3) is 11.3 Å². The minimum absolute atomic E-state index is 0.0662. The molecule has 1 saturated heterocycles. The molecule has 8 nitrogen and oxygen atoms in total. The van der Waals surface area contributed by atoms with Crippen molar-refractivity contribution in [1.29, 1.82) is 0 Å². The molecule has 2 heterocycles. The zero-order valence-corrected chi connectivity index (χ0v) is 20.9. The molecule has 2 amide bonds. The SMILES string of the molecule is COC(=O)[C@@H]1C[C@H](NC(C)(C)C)CC[C@@H]1N1CCC(NC(=O)c2ccc(-c3ccccc3)o2)C1=O. The summed E-state index contributed by atoms with van der Waals surface area (Å²) in [6.45, 7) is 6.80. The van der Waals surface area contributed by atoms with Crippen LogP contribution in [0.15, 0.2) is 46.9 Å². The van der Waals surface area contributed by atoms with Gasteiger partial charge in [0, 0.05) is 29.7 Å². The molecule has 2 aliphatic rings. The first-order valence-electron chi connectivity index (χ1n) is 12.3. The van der Waals surface area contributed by atoms with Gasteiger partial charge < -0.3 is 24.7 Å². The number of nitrogens with one attached hydrogen (secondary N) is 2. The number of carbonyl (C=O) groups excluding carboxylic acids is 3. The average Bonchev–Trinajstić information content (AvgIpc) is 3.46. The summed E-state index contributed by atoms with van der Waals surface area (Å²) in [5.41, 5.74) is 0.809. The molecule has 2 N–H and O–H groups in total. The Labute approximate surface area is 206 Å². The molecule has 2 aromatic rings. The molecule has 188 valence electrons. The number of nitrogens with zero attached hydrogens (tertiary/aromatic N) is 1. The standard InChI is InChI=1S/C27H35N3O5/c1-27(2,3)29-18-10-11-21(19(16-18)26(33)34-4)30-15-14-20(25(30)32)28-24(31)23-13-12-22(35-23)17-8-6-5-7-9-17/h5-9,12-13,18-21,29H,10-11,14-16H2,1-4H3,(H,28,31)/t18-,19-,20?,21+/m1/s1. The first kappa shape index (κ1) is 25.0. The van der Waals surface area contributed by atoms with Gasteiger partial charge in [0.15, 0.2) is 5.76 Å². The lowest BCUT2D eigenvalue weighted by Crippen LogP contribution is -2.55. The van der Waals surface area contributed by atoms with E-state index in [4.69, 9.17) is 9.15 Å². The number of ether oxygens (including phenoxy) is 1. The van der Waals surface area contributed by atoms with Gasteiger partial charge >= 0.3 is 5.97 Å². The van der Waals surface area contributed by atoms with Crippen LogP contribution < -0.4 is 10.6 Å². The van der Waals surface area contributed by atoms with E-state index in [0.29, 0.717) is 31.6 Å². The molecule has 4 atom stereocenters. The van der Waals surface area contributed by atoms with Crippen LogP contribution >= 0.6 is 0 Å². The van der Waals surface area contributed by atoms with Gasteiger partial charge in [-0.3, -0.25) is 14.4 Å². The highest BCUT2D eigenvalue weighted by Gasteiger charge is 2.45. The smallest absolute Gasteiger partial charge is 0.310 e. The second-order valence-corrected chi connectivity index (χ2v) is 10.5. The molecule has 35 heavy (non-hydrogen) atoms. The van der Waals surface area contributed by atoms with Crippen LogP contribution in [-0.2, 0) is 14.3 Å². The van der Waals surface area contributed by atoms with Crippen LogP contribution in [0.2, 0.25) is 0 Å². The Morgan fingerprint density at radius 2 is 1.80 bits per heavy atom. The number of hydrogen-bond acceptors (Lipinski definition) is 6. The summed E-state index contributed by atoms with van der Waals surface area (Å²) in [6.07, 6.45) is 2.68. The lowest BCUT2D eigenvalue weighted by atomic mass is 9.80. The number of carbonyl (C=O) groups is 3. The summed E-state index contributed by atoms with van der Waals surface area (Å²) >= 11 is 0. The summed E-state index contributed by atoms with van der Waals surface area (Å²) in [6, 6.07) is 12.2. The molecule has 1 aliphatic carbocycles. The van der Waals surface area contributed by atoms with Gasteiger partial charge in [-0.05, 0) is 58.6 Å². The van der Waals surface area contributed by atoms with Crippen LogP contribution in [0.4, 0.5) is 0 Å². The summed E-state index contributed by atoms with van der Waals surface area (Å²) in [7, 11) is 1.39. The molecular weight excluding hydrogens is 446 g/mol. The number of furan rings is 1. The Morgan fingerprint density at radius 3 is 2.49 bits per heavy atom. The topological polar surface area (TPSA) is 101 Å². The third kappa shape index (κ3) is 5.75. The maximum absolute atomic E-state index is 13.3. The van der Waals surface area contributed by atoms with E-state index in [1.165, 1.54) is 7.11 Å². The number of benzene rings is 1. The van der Waals surface area contributed by atoms with Crippen LogP contribution in [0.3, 0.4) is 0 Å². The van der Waals surface area contributed by atoms with E-state index in [2.05, 4.69) is 31.4 Å². The Hall–Kier alpha value is -3.13. The lowest BCUT2D eigenvalue weighted by molar-refractivity contribution is -0.151. The van der Waals surface area contributed by atoms with E-state index in [1.807, 2.05) is 30.3 Å². The zero-order chi connectivity index (χ0) is 25.2. The summed E-state index contributed by atoms with van der Waals surface area (Å²) in [5.74, 6) is -0.512. The second-order valence-electron chi connectivity index (χ2n) is 10.5. The lowest BCUT2D eigenvalue weighted by Gasteiger charge is -2.41. The largest absolute Gasteiger partial charge is 0.469 e. The van der Waals surface area contributed by atoms with Crippen LogP contribution in [0.1, 0.15) is 57.0 Å². The number of hydrogen-bond donors (Lipinski definition) is 2. The predicted octanol–water partition coefficient (Wildman–Crippen LogP) is 3.38. The molecular formula is C27H35N3O5. The van der Waals surface area contributed by atoms with Crippen molar-refractivity contribution >= 4 is 17.8 Å². The molecule has 0 radical (unpaired) electrons. The normalized spacial score (nSPS) is 24.9. The number of rotatable bonds is 6. The molecule has 1 aromatic heterocycles. The number of methoxy groups -OCH3 is 1. The van der Waals surface area contributed by atoms with Gasteiger partial charge in [-0.25, -0.2) is 0 Å². The van der Waals surface area contributed by atoms with E-state index in [0.717, 1.165) is 12.0 Å². The van der Waals surface area contributed by atoms with Gasteiger partial charge in [0.25, 0.3) is 5.91 Å². The Balaban J connectivity index is 1.41. The number of esters is 1. The minimum atomic E-state index is -0.642. The van der Waals surface area contributed by atoms with Crippen LogP contribution in [-0.4, -0.2) is 60.0 Å². The maximum Gasteiger partial charge on any atom is 0.310 e. The van der Waals surface area contributed by atoms with E-state index in [9.17, 15) is 14.4 Å². The highest BCUT2D eigenvalue weighted by molar-refractivity contribution is 5.96. The highest BCUT2D eigenvalue weighted by atomic mass is 16.5. The van der Waals surface area contributed by atoms with Crippen LogP contribution in [0, 0.1) is 5.92 Å². The number of amides is 2. The fourth-order valence-electron chi connectivity index (χ4n) is 5.29. The minimum Gasteiger partial charge on any atom is -0.469 e. The van der Waals surface area contributed by atoms with Gasteiger partial charge in [-0.2, -0.15) is 0 Å². The van der Waals surface area contributed by atoms with Crippen molar-refractivity contribution in [2.24, 2.45) is 5.92 Å². The number of likely N-dealkylation sites (tertiary alicyclic amines) is 1. The maximum atomic E-state index is 13.3. The van der Waals surface area contributed by atoms with Crippen molar-refractivity contribution in [2.45, 2.75) is 70.1 Å². The molecule has 4 rings (SSSR count). The first-order valence-corrected chi connectivity index (χ1v) is 12.3. The van der Waals surface area contributed by atoms with Gasteiger partial charge in [-0.1, -0.05) is 30.3 Å². The fourth-order valence-corrected chi connectivity index (χ4v) is 5.29. The van der Waals surface area contributed by atoms with E-state index >= 15 is 0 Å². The van der Waals surface area contributed by atoms with Crippen molar-refractivity contribution < 1.29 is 23.5 Å². The van der Waals surface area contributed by atoms with E-state index in [-0.39, 0.29) is 35.3 Å². The second kappa shape index (κ2) is 10.2. The highest BCUT2D eigenvalue weighted by Crippen LogP contribution is 2.33. The quantitative estimate of drug-likeness (QED) is 0.614. The molecule has 2 fully saturated rings. The molecule has 0 spiro atoms. The summed E-state index contributed by atoms with van der Waals surface area (Å²) in [4.78, 5) is 40.5.